The molecule has 2 rings (SSSR count). The van der Waals surface area contributed by atoms with Crippen LogP contribution in [0.5, 0.6) is 5.75 Å². The molecular formula is C15H22FN3OS. The molecule has 6 heteroatoms. The van der Waals surface area contributed by atoms with Crippen LogP contribution >= 0.6 is 12.2 Å². The van der Waals surface area contributed by atoms with Crippen molar-refractivity contribution in [1.29, 1.82) is 0 Å². The van der Waals surface area contributed by atoms with E-state index in [4.69, 9.17) is 17.0 Å². The van der Waals surface area contributed by atoms with Crippen molar-refractivity contribution in [3.05, 3.63) is 22.7 Å². The summed E-state index contributed by atoms with van der Waals surface area (Å²) in [5, 5.41) is 0. The summed E-state index contributed by atoms with van der Waals surface area (Å²) in [7, 11) is 5.54. The Kier molecular flexibility index (Phi) is 4.68. The Morgan fingerprint density at radius 3 is 2.57 bits per heavy atom. The smallest absolute Gasteiger partial charge is 0.178 e. The van der Waals surface area contributed by atoms with Gasteiger partial charge in [-0.1, -0.05) is 13.8 Å². The summed E-state index contributed by atoms with van der Waals surface area (Å²) < 4.78 is 21.6. The minimum absolute atomic E-state index is 0.205. The van der Waals surface area contributed by atoms with Gasteiger partial charge in [0.1, 0.15) is 0 Å². The third kappa shape index (κ3) is 3.11. The lowest BCUT2D eigenvalue weighted by Crippen LogP contribution is -2.28. The highest BCUT2D eigenvalue weighted by Crippen LogP contribution is 2.29. The standard InChI is InChI=1S/C15H22FN3OS/c1-9(2)13(8-18(3)4)19-12-7-14(20-5)10(16)6-11(12)17-15(19)21/h6-7,9,13H,8H2,1-5H3,(H,17,21). The van der Waals surface area contributed by atoms with E-state index in [0.717, 1.165) is 12.1 Å². The first-order valence-corrected chi connectivity index (χ1v) is 7.38. The van der Waals surface area contributed by atoms with Crippen molar-refractivity contribution in [2.75, 3.05) is 27.7 Å². The minimum Gasteiger partial charge on any atom is -0.494 e. The highest BCUT2D eigenvalue weighted by Gasteiger charge is 2.21. The fourth-order valence-electron chi connectivity index (χ4n) is 2.58. The summed E-state index contributed by atoms with van der Waals surface area (Å²) in [6.07, 6.45) is 0. The fourth-order valence-corrected chi connectivity index (χ4v) is 2.92. The Hall–Kier alpha value is -1.40. The molecule has 116 valence electrons. The summed E-state index contributed by atoms with van der Waals surface area (Å²) in [5.74, 6) is 0.244. The molecular weight excluding hydrogens is 289 g/mol. The van der Waals surface area contributed by atoms with E-state index in [1.165, 1.54) is 13.2 Å². The van der Waals surface area contributed by atoms with Gasteiger partial charge >= 0.3 is 0 Å². The van der Waals surface area contributed by atoms with Crippen LogP contribution in [0.15, 0.2) is 12.1 Å². The molecule has 0 aliphatic carbocycles. The van der Waals surface area contributed by atoms with E-state index in [-0.39, 0.29) is 17.6 Å². The first-order valence-electron chi connectivity index (χ1n) is 6.97. The van der Waals surface area contributed by atoms with E-state index in [1.807, 2.05) is 14.1 Å². The van der Waals surface area contributed by atoms with Gasteiger partial charge in [-0.25, -0.2) is 4.39 Å². The Labute approximate surface area is 129 Å². The molecule has 0 bridgehead atoms. The number of H-pyrrole nitrogens is 1. The maximum absolute atomic E-state index is 13.8. The van der Waals surface area contributed by atoms with Crippen molar-refractivity contribution in [2.24, 2.45) is 5.92 Å². The molecule has 0 aliphatic rings. The second-order valence-corrected chi connectivity index (χ2v) is 6.26. The zero-order valence-electron chi connectivity index (χ0n) is 13.1. The predicted molar refractivity (Wildman–Crippen MR) is 86.1 cm³/mol. The van der Waals surface area contributed by atoms with Gasteiger partial charge < -0.3 is 19.2 Å². The van der Waals surface area contributed by atoms with Gasteiger partial charge in [-0.3, -0.25) is 0 Å². The number of aromatic amines is 1. The van der Waals surface area contributed by atoms with E-state index in [2.05, 4.69) is 28.3 Å². The molecule has 0 saturated heterocycles. The lowest BCUT2D eigenvalue weighted by molar-refractivity contribution is 0.272. The first kappa shape index (κ1) is 16.0. The number of likely N-dealkylation sites (N-methyl/N-ethyl adjacent to an activating group) is 1. The Bertz CT molecular complexity index is 690. The highest BCUT2D eigenvalue weighted by atomic mass is 32.1. The predicted octanol–water partition coefficient (Wildman–Crippen LogP) is 3.61. The van der Waals surface area contributed by atoms with Gasteiger partial charge in [0.25, 0.3) is 0 Å². The van der Waals surface area contributed by atoms with Gasteiger partial charge in [0, 0.05) is 18.7 Å². The third-order valence-electron chi connectivity index (χ3n) is 3.64. The van der Waals surface area contributed by atoms with Crippen molar-refractivity contribution in [2.45, 2.75) is 19.9 Å². The van der Waals surface area contributed by atoms with Crippen molar-refractivity contribution in [3.8, 4) is 5.75 Å². The van der Waals surface area contributed by atoms with E-state index in [1.54, 1.807) is 6.07 Å². The molecule has 0 amide bonds. The van der Waals surface area contributed by atoms with Crippen LogP contribution in [-0.2, 0) is 0 Å². The van der Waals surface area contributed by atoms with Crippen molar-refractivity contribution in [1.82, 2.24) is 14.5 Å². The van der Waals surface area contributed by atoms with Crippen molar-refractivity contribution < 1.29 is 9.13 Å². The maximum Gasteiger partial charge on any atom is 0.178 e. The molecule has 1 atom stereocenters. The average molecular weight is 311 g/mol. The number of fused-ring (bicyclic) bond motifs is 1. The van der Waals surface area contributed by atoms with Gasteiger partial charge in [-0.15, -0.1) is 0 Å². The van der Waals surface area contributed by atoms with Crippen LogP contribution < -0.4 is 4.74 Å². The summed E-state index contributed by atoms with van der Waals surface area (Å²) in [6, 6.07) is 3.35. The van der Waals surface area contributed by atoms with E-state index in [0.29, 0.717) is 16.2 Å². The number of hydrogen-bond acceptors (Lipinski definition) is 3. The molecule has 2 aromatic rings. The monoisotopic (exact) mass is 311 g/mol. The van der Waals surface area contributed by atoms with Crippen molar-refractivity contribution in [3.63, 3.8) is 0 Å². The quantitative estimate of drug-likeness (QED) is 0.856. The number of rotatable bonds is 5. The van der Waals surface area contributed by atoms with Crippen molar-refractivity contribution >= 4 is 23.3 Å². The second-order valence-electron chi connectivity index (χ2n) is 5.88. The average Bonchev–Trinajstić information content (AvgIpc) is 2.69. The minimum atomic E-state index is -0.387. The fraction of sp³-hybridized carbons (Fsp3) is 0.533. The zero-order chi connectivity index (χ0) is 15.7. The lowest BCUT2D eigenvalue weighted by atomic mass is 10.0. The SMILES string of the molecule is COc1cc2c(cc1F)[nH]c(=S)n2C(CN(C)C)C(C)C. The molecule has 0 saturated carbocycles. The molecule has 0 spiro atoms. The Morgan fingerprint density at radius 1 is 1.38 bits per heavy atom. The molecule has 1 unspecified atom stereocenters. The third-order valence-corrected chi connectivity index (χ3v) is 3.94. The Morgan fingerprint density at radius 2 is 2.05 bits per heavy atom. The number of methoxy groups -OCH3 is 1. The topological polar surface area (TPSA) is 33.2 Å². The highest BCUT2D eigenvalue weighted by molar-refractivity contribution is 7.71. The maximum atomic E-state index is 13.8. The normalized spacial score (nSPS) is 13.3. The molecule has 0 aliphatic heterocycles. The molecule has 1 aromatic carbocycles. The van der Waals surface area contributed by atoms with Crippen LogP contribution in [0.25, 0.3) is 11.0 Å². The van der Waals surface area contributed by atoms with Crippen LogP contribution in [0.3, 0.4) is 0 Å². The number of halogens is 1. The second kappa shape index (κ2) is 6.15. The summed E-state index contributed by atoms with van der Waals surface area (Å²) in [4.78, 5) is 5.22. The number of benzene rings is 1. The number of nitrogens with zero attached hydrogens (tertiary/aromatic N) is 2. The number of ether oxygens (including phenoxy) is 1. The largest absolute Gasteiger partial charge is 0.494 e. The molecule has 1 aromatic heterocycles. The van der Waals surface area contributed by atoms with Gasteiger partial charge in [0.05, 0.1) is 24.2 Å². The number of nitrogens with one attached hydrogen (secondary N) is 1. The summed E-state index contributed by atoms with van der Waals surface area (Å²) in [6.45, 7) is 5.18. The van der Waals surface area contributed by atoms with Gasteiger partial charge in [-0.05, 0) is 32.2 Å². The molecule has 1 N–H and O–H groups in total. The van der Waals surface area contributed by atoms with Crippen LogP contribution in [-0.4, -0.2) is 42.2 Å². The van der Waals surface area contributed by atoms with Crippen LogP contribution in [0.2, 0.25) is 0 Å². The number of imidazole rings is 1. The van der Waals surface area contributed by atoms with Gasteiger partial charge in [0.15, 0.2) is 16.3 Å². The molecule has 4 nitrogen and oxygen atoms in total. The number of aromatic nitrogens is 2. The summed E-state index contributed by atoms with van der Waals surface area (Å²) >= 11 is 5.45. The zero-order valence-corrected chi connectivity index (χ0v) is 13.9. The van der Waals surface area contributed by atoms with Gasteiger partial charge in [-0.2, -0.15) is 0 Å². The number of hydrogen-bond donors (Lipinski definition) is 1. The van der Waals surface area contributed by atoms with E-state index >= 15 is 0 Å². The lowest BCUT2D eigenvalue weighted by Gasteiger charge is -2.26. The van der Waals surface area contributed by atoms with Crippen LogP contribution in [0, 0.1) is 16.5 Å². The molecule has 21 heavy (non-hydrogen) atoms. The first-order chi connectivity index (χ1) is 9.85. The van der Waals surface area contributed by atoms with Gasteiger partial charge in [0.2, 0.25) is 0 Å². The Balaban J connectivity index is 2.66. The van der Waals surface area contributed by atoms with Crippen LogP contribution in [0.1, 0.15) is 19.9 Å². The summed E-state index contributed by atoms with van der Waals surface area (Å²) in [5.41, 5.74) is 1.57. The molecule has 1 heterocycles. The van der Waals surface area contributed by atoms with Crippen LogP contribution in [0.4, 0.5) is 4.39 Å². The molecule has 0 radical (unpaired) electrons. The van der Waals surface area contributed by atoms with E-state index < -0.39 is 0 Å². The molecule has 0 fully saturated rings. The van der Waals surface area contributed by atoms with E-state index in [9.17, 15) is 4.39 Å².